The van der Waals surface area contributed by atoms with Crippen molar-refractivity contribution in [3.63, 3.8) is 0 Å². The molecule has 1 fully saturated rings. The van der Waals surface area contributed by atoms with Crippen LogP contribution in [-0.2, 0) is 10.0 Å². The highest BCUT2D eigenvalue weighted by molar-refractivity contribution is 7.89. The molecule has 1 saturated heterocycles. The second kappa shape index (κ2) is 5.71. The second-order valence-electron chi connectivity index (χ2n) is 3.96. The van der Waals surface area contributed by atoms with E-state index in [1.165, 1.54) is 22.5 Å². The maximum Gasteiger partial charge on any atom is 0.246 e. The summed E-state index contributed by atoms with van der Waals surface area (Å²) >= 11 is 5.57. The van der Waals surface area contributed by atoms with Gasteiger partial charge in [0, 0.05) is 19.1 Å². The molecule has 2 N–H and O–H groups in total. The summed E-state index contributed by atoms with van der Waals surface area (Å²) in [4.78, 5) is -0.390. The third-order valence-electron chi connectivity index (χ3n) is 2.72. The molecule has 8 heteroatoms. The number of sulfonamides is 1. The molecule has 1 aromatic carbocycles. The summed E-state index contributed by atoms with van der Waals surface area (Å²) in [5, 5.41) is -0.199. The van der Waals surface area contributed by atoms with Gasteiger partial charge in [0.1, 0.15) is 4.90 Å². The highest BCUT2D eigenvalue weighted by Gasteiger charge is 2.33. The topological polar surface area (TPSA) is 63.4 Å². The molecular formula is C10H13Cl2FN2O2S. The first-order chi connectivity index (χ1) is 7.93. The molecule has 1 atom stereocenters. The van der Waals surface area contributed by atoms with Crippen molar-refractivity contribution >= 4 is 34.0 Å². The Bertz CT molecular complexity index is 539. The van der Waals surface area contributed by atoms with E-state index in [-0.39, 0.29) is 34.9 Å². The molecule has 0 saturated carbocycles. The van der Waals surface area contributed by atoms with Crippen molar-refractivity contribution in [2.75, 3.05) is 13.1 Å². The zero-order valence-electron chi connectivity index (χ0n) is 9.34. The lowest BCUT2D eigenvalue weighted by Crippen LogP contribution is -2.32. The summed E-state index contributed by atoms with van der Waals surface area (Å²) in [5.41, 5.74) is 5.64. The molecule has 0 radical (unpaired) electrons. The van der Waals surface area contributed by atoms with E-state index in [1.807, 2.05) is 0 Å². The van der Waals surface area contributed by atoms with Crippen molar-refractivity contribution < 1.29 is 12.8 Å². The lowest BCUT2D eigenvalue weighted by atomic mass is 10.3. The monoisotopic (exact) mass is 314 g/mol. The Kier molecular flexibility index (Phi) is 4.97. The summed E-state index contributed by atoms with van der Waals surface area (Å²) in [7, 11) is -3.83. The van der Waals surface area contributed by atoms with Gasteiger partial charge in [-0.2, -0.15) is 4.31 Å². The van der Waals surface area contributed by atoms with Crippen LogP contribution in [0.3, 0.4) is 0 Å². The van der Waals surface area contributed by atoms with E-state index >= 15 is 0 Å². The van der Waals surface area contributed by atoms with Crippen LogP contribution in [0.2, 0.25) is 5.02 Å². The summed E-state index contributed by atoms with van der Waals surface area (Å²) in [5.74, 6) is -0.908. The van der Waals surface area contributed by atoms with Crippen LogP contribution in [0.4, 0.5) is 4.39 Å². The maximum atomic E-state index is 13.7. The maximum absolute atomic E-state index is 13.7. The molecule has 1 heterocycles. The molecule has 2 rings (SSSR count). The van der Waals surface area contributed by atoms with Gasteiger partial charge in [0.2, 0.25) is 10.0 Å². The van der Waals surface area contributed by atoms with Crippen molar-refractivity contribution in [3.05, 3.63) is 29.0 Å². The summed E-state index contributed by atoms with van der Waals surface area (Å²) < 4.78 is 39.1. The molecule has 0 aliphatic carbocycles. The van der Waals surface area contributed by atoms with E-state index in [4.69, 9.17) is 17.3 Å². The Morgan fingerprint density at radius 3 is 2.67 bits per heavy atom. The molecular weight excluding hydrogens is 302 g/mol. The van der Waals surface area contributed by atoms with Gasteiger partial charge in [-0.25, -0.2) is 12.8 Å². The van der Waals surface area contributed by atoms with Gasteiger partial charge in [0.25, 0.3) is 0 Å². The summed E-state index contributed by atoms with van der Waals surface area (Å²) in [6.45, 7) is 0.531. The summed E-state index contributed by atoms with van der Waals surface area (Å²) in [6.07, 6.45) is 0.585. The Morgan fingerprint density at radius 2 is 2.11 bits per heavy atom. The van der Waals surface area contributed by atoms with Crippen LogP contribution in [0.15, 0.2) is 23.1 Å². The fraction of sp³-hybridized carbons (Fsp3) is 0.400. The average molecular weight is 315 g/mol. The molecule has 102 valence electrons. The molecule has 1 aliphatic heterocycles. The molecule has 18 heavy (non-hydrogen) atoms. The Hall–Kier alpha value is -0.400. The lowest BCUT2D eigenvalue weighted by Gasteiger charge is -2.16. The minimum absolute atomic E-state index is 0. The molecule has 0 amide bonds. The third kappa shape index (κ3) is 2.78. The fourth-order valence-corrected chi connectivity index (χ4v) is 3.62. The molecule has 0 aromatic heterocycles. The van der Waals surface area contributed by atoms with Crippen LogP contribution >= 0.6 is 24.0 Å². The first kappa shape index (κ1) is 15.7. The SMILES string of the molecule is Cl.N[C@H]1CCN(S(=O)(=O)c2cccc(Cl)c2F)C1. The smallest absolute Gasteiger partial charge is 0.246 e. The van der Waals surface area contributed by atoms with Gasteiger partial charge in [0.05, 0.1) is 5.02 Å². The number of hydrogen-bond acceptors (Lipinski definition) is 3. The van der Waals surface area contributed by atoms with Gasteiger partial charge in [-0.05, 0) is 18.6 Å². The third-order valence-corrected chi connectivity index (χ3v) is 4.90. The highest BCUT2D eigenvalue weighted by Crippen LogP contribution is 2.26. The number of nitrogens with two attached hydrogens (primary N) is 1. The van der Waals surface area contributed by atoms with Crippen molar-refractivity contribution in [2.24, 2.45) is 5.73 Å². The first-order valence-corrected chi connectivity index (χ1v) is 6.94. The Balaban J connectivity index is 0.00000162. The first-order valence-electron chi connectivity index (χ1n) is 5.12. The van der Waals surface area contributed by atoms with Gasteiger partial charge >= 0.3 is 0 Å². The molecule has 4 nitrogen and oxygen atoms in total. The summed E-state index contributed by atoms with van der Waals surface area (Å²) in [6, 6.07) is 3.74. The Labute approximate surface area is 116 Å². The van der Waals surface area contributed by atoms with E-state index in [1.54, 1.807) is 0 Å². The van der Waals surface area contributed by atoms with Gasteiger partial charge < -0.3 is 5.73 Å². The number of halogens is 3. The fourth-order valence-electron chi connectivity index (χ4n) is 1.79. The van der Waals surface area contributed by atoms with Gasteiger partial charge in [-0.3, -0.25) is 0 Å². The van der Waals surface area contributed by atoms with Crippen LogP contribution < -0.4 is 5.73 Å². The van der Waals surface area contributed by atoms with E-state index in [0.29, 0.717) is 13.0 Å². The normalized spacial score (nSPS) is 20.7. The minimum Gasteiger partial charge on any atom is -0.326 e. The lowest BCUT2D eigenvalue weighted by molar-refractivity contribution is 0.465. The Morgan fingerprint density at radius 1 is 1.44 bits per heavy atom. The van der Waals surface area contributed by atoms with E-state index in [2.05, 4.69) is 0 Å². The van der Waals surface area contributed by atoms with Crippen LogP contribution in [-0.4, -0.2) is 31.9 Å². The molecule has 1 aromatic rings. The van der Waals surface area contributed by atoms with Crippen LogP contribution in [0.25, 0.3) is 0 Å². The molecule has 0 bridgehead atoms. The van der Waals surface area contributed by atoms with Crippen LogP contribution in [0.5, 0.6) is 0 Å². The number of nitrogens with zero attached hydrogens (tertiary/aromatic N) is 1. The van der Waals surface area contributed by atoms with Crippen molar-refractivity contribution in [1.29, 1.82) is 0 Å². The van der Waals surface area contributed by atoms with Crippen LogP contribution in [0, 0.1) is 5.82 Å². The van der Waals surface area contributed by atoms with Gasteiger partial charge in [-0.15, -0.1) is 12.4 Å². The van der Waals surface area contributed by atoms with E-state index in [9.17, 15) is 12.8 Å². The van der Waals surface area contributed by atoms with Crippen LogP contribution in [0.1, 0.15) is 6.42 Å². The standard InChI is InChI=1S/C10H12ClFN2O2S.ClH/c11-8-2-1-3-9(10(8)12)17(15,16)14-5-4-7(13)6-14;/h1-3,7H,4-6,13H2;1H/t7-;/m0./s1. The van der Waals surface area contributed by atoms with Gasteiger partial charge in [0.15, 0.2) is 5.82 Å². The number of rotatable bonds is 2. The van der Waals surface area contributed by atoms with Crippen molar-refractivity contribution in [1.82, 2.24) is 4.31 Å². The zero-order valence-corrected chi connectivity index (χ0v) is 11.7. The van der Waals surface area contributed by atoms with Crippen molar-refractivity contribution in [3.8, 4) is 0 Å². The second-order valence-corrected chi connectivity index (χ2v) is 6.28. The number of hydrogen-bond donors (Lipinski definition) is 1. The highest BCUT2D eigenvalue weighted by atomic mass is 35.5. The average Bonchev–Trinajstić information content (AvgIpc) is 2.69. The van der Waals surface area contributed by atoms with E-state index in [0.717, 1.165) is 0 Å². The molecule has 0 unspecified atom stereocenters. The zero-order chi connectivity index (χ0) is 12.6. The molecule has 0 spiro atoms. The predicted molar refractivity (Wildman–Crippen MR) is 70.0 cm³/mol. The largest absolute Gasteiger partial charge is 0.326 e. The number of benzene rings is 1. The molecule has 1 aliphatic rings. The van der Waals surface area contributed by atoms with E-state index < -0.39 is 15.8 Å². The van der Waals surface area contributed by atoms with Crippen molar-refractivity contribution in [2.45, 2.75) is 17.4 Å². The quantitative estimate of drug-likeness (QED) is 0.902. The predicted octanol–water partition coefficient (Wildman–Crippen LogP) is 1.62. The van der Waals surface area contributed by atoms with Gasteiger partial charge in [-0.1, -0.05) is 17.7 Å². The minimum atomic E-state index is -3.83.